The summed E-state index contributed by atoms with van der Waals surface area (Å²) in [6, 6.07) is -0.671. The number of nitrogens with one attached hydrogen (secondary N) is 1. The number of nitrogens with zero attached hydrogens (tertiary/aromatic N) is 1. The summed E-state index contributed by atoms with van der Waals surface area (Å²) < 4.78 is 0. The molecule has 4 heteroatoms. The van der Waals surface area contributed by atoms with Crippen molar-refractivity contribution in [3.63, 3.8) is 0 Å². The summed E-state index contributed by atoms with van der Waals surface area (Å²) in [5.74, 6) is 2.36. The molecule has 0 aromatic heterocycles. The largest absolute Gasteiger partial charge is 0.344 e. The average Bonchev–Trinajstić information content (AvgIpc) is 2.37. The third-order valence-corrected chi connectivity index (χ3v) is 2.61. The smallest absolute Gasteiger partial charge is 0.246 e. The van der Waals surface area contributed by atoms with Gasteiger partial charge in [0.2, 0.25) is 11.8 Å². The molecule has 1 fully saturated rings. The van der Waals surface area contributed by atoms with Crippen LogP contribution in [0.15, 0.2) is 0 Å². The zero-order chi connectivity index (χ0) is 11.4. The van der Waals surface area contributed by atoms with Crippen molar-refractivity contribution >= 4 is 11.8 Å². The van der Waals surface area contributed by atoms with Crippen LogP contribution in [0.25, 0.3) is 0 Å². The second-order valence-electron chi connectivity index (χ2n) is 3.65. The van der Waals surface area contributed by atoms with Gasteiger partial charge in [0.05, 0.1) is 6.04 Å². The Hall–Kier alpha value is -1.50. The number of carbonyl (C=O) groups is 2. The SMILES string of the molecule is C#CC(C)N1CCC(=O)NC(CC)C1=O. The molecule has 4 nitrogen and oxygen atoms in total. The second kappa shape index (κ2) is 4.83. The summed E-state index contributed by atoms with van der Waals surface area (Å²) in [4.78, 5) is 24.8. The van der Waals surface area contributed by atoms with Gasteiger partial charge in [-0.2, -0.15) is 0 Å². The van der Waals surface area contributed by atoms with Gasteiger partial charge in [-0.15, -0.1) is 6.42 Å². The molecule has 2 amide bonds. The molecule has 0 radical (unpaired) electrons. The normalized spacial score (nSPS) is 24.1. The van der Waals surface area contributed by atoms with E-state index in [-0.39, 0.29) is 17.9 Å². The first-order valence-corrected chi connectivity index (χ1v) is 5.16. The Labute approximate surface area is 90.0 Å². The molecule has 0 spiro atoms. The van der Waals surface area contributed by atoms with Crippen LogP contribution >= 0.6 is 0 Å². The minimum atomic E-state index is -0.421. The van der Waals surface area contributed by atoms with Gasteiger partial charge in [0, 0.05) is 13.0 Å². The summed E-state index contributed by atoms with van der Waals surface area (Å²) >= 11 is 0. The zero-order valence-electron chi connectivity index (χ0n) is 9.12. The fraction of sp³-hybridized carbons (Fsp3) is 0.636. The van der Waals surface area contributed by atoms with Crippen molar-refractivity contribution in [2.24, 2.45) is 0 Å². The number of terminal acetylenes is 1. The van der Waals surface area contributed by atoms with Gasteiger partial charge in [-0.05, 0) is 13.3 Å². The van der Waals surface area contributed by atoms with Crippen LogP contribution < -0.4 is 5.32 Å². The van der Waals surface area contributed by atoms with E-state index in [2.05, 4.69) is 11.2 Å². The lowest BCUT2D eigenvalue weighted by Crippen LogP contribution is -2.47. The van der Waals surface area contributed by atoms with E-state index in [1.165, 1.54) is 0 Å². The van der Waals surface area contributed by atoms with Crippen molar-refractivity contribution in [2.45, 2.75) is 38.8 Å². The van der Waals surface area contributed by atoms with Gasteiger partial charge >= 0.3 is 0 Å². The van der Waals surface area contributed by atoms with E-state index >= 15 is 0 Å². The van der Waals surface area contributed by atoms with E-state index in [1.807, 2.05) is 6.92 Å². The number of amides is 2. The molecule has 1 aliphatic heterocycles. The van der Waals surface area contributed by atoms with E-state index < -0.39 is 6.04 Å². The molecule has 1 saturated heterocycles. The molecule has 15 heavy (non-hydrogen) atoms. The van der Waals surface area contributed by atoms with Gasteiger partial charge in [0.25, 0.3) is 0 Å². The molecule has 2 atom stereocenters. The van der Waals surface area contributed by atoms with E-state index in [4.69, 9.17) is 6.42 Å². The minimum Gasteiger partial charge on any atom is -0.344 e. The first-order chi connectivity index (χ1) is 7.10. The highest BCUT2D eigenvalue weighted by Gasteiger charge is 2.30. The number of carbonyl (C=O) groups excluding carboxylic acids is 2. The molecule has 0 bridgehead atoms. The maximum absolute atomic E-state index is 11.9. The van der Waals surface area contributed by atoms with Gasteiger partial charge in [-0.3, -0.25) is 9.59 Å². The van der Waals surface area contributed by atoms with Crippen molar-refractivity contribution < 1.29 is 9.59 Å². The lowest BCUT2D eigenvalue weighted by molar-refractivity contribution is -0.134. The molecule has 2 unspecified atom stereocenters. The second-order valence-corrected chi connectivity index (χ2v) is 3.65. The van der Waals surface area contributed by atoms with Crippen LogP contribution in [0.4, 0.5) is 0 Å². The topological polar surface area (TPSA) is 49.4 Å². The fourth-order valence-corrected chi connectivity index (χ4v) is 1.61. The highest BCUT2D eigenvalue weighted by Crippen LogP contribution is 2.09. The number of hydrogen-bond acceptors (Lipinski definition) is 2. The lowest BCUT2D eigenvalue weighted by atomic mass is 10.2. The summed E-state index contributed by atoms with van der Waals surface area (Å²) in [6.45, 7) is 4.07. The van der Waals surface area contributed by atoms with Crippen LogP contribution in [0.1, 0.15) is 26.7 Å². The third-order valence-electron chi connectivity index (χ3n) is 2.61. The molecule has 82 valence electrons. The van der Waals surface area contributed by atoms with Gasteiger partial charge < -0.3 is 10.2 Å². The van der Waals surface area contributed by atoms with Gasteiger partial charge in [-0.25, -0.2) is 0 Å². The highest BCUT2D eigenvalue weighted by atomic mass is 16.2. The standard InChI is InChI=1S/C11H16N2O2/c1-4-8(3)13-7-6-10(14)12-9(5-2)11(13)15/h1,8-9H,5-7H2,2-3H3,(H,12,14). The minimum absolute atomic E-state index is 0.0752. The van der Waals surface area contributed by atoms with Crippen LogP contribution in [0.2, 0.25) is 0 Å². The van der Waals surface area contributed by atoms with Gasteiger partial charge in [0.1, 0.15) is 6.04 Å². The Balaban J connectivity index is 2.85. The average molecular weight is 208 g/mol. The molecule has 1 aliphatic rings. The van der Waals surface area contributed by atoms with Crippen LogP contribution in [0.5, 0.6) is 0 Å². The lowest BCUT2D eigenvalue weighted by Gasteiger charge is -2.26. The van der Waals surface area contributed by atoms with E-state index in [0.29, 0.717) is 19.4 Å². The highest BCUT2D eigenvalue weighted by molar-refractivity contribution is 5.90. The Morgan fingerprint density at radius 2 is 2.33 bits per heavy atom. The molecule has 0 aliphatic carbocycles. The maximum Gasteiger partial charge on any atom is 0.246 e. The molecular formula is C11H16N2O2. The Bertz CT molecular complexity index is 306. The molecule has 1 heterocycles. The van der Waals surface area contributed by atoms with E-state index in [9.17, 15) is 9.59 Å². The van der Waals surface area contributed by atoms with Crippen LogP contribution in [0.3, 0.4) is 0 Å². The van der Waals surface area contributed by atoms with Gasteiger partial charge in [0.15, 0.2) is 0 Å². The van der Waals surface area contributed by atoms with Crippen molar-refractivity contribution in [1.82, 2.24) is 10.2 Å². The first-order valence-electron chi connectivity index (χ1n) is 5.16. The number of rotatable bonds is 2. The quantitative estimate of drug-likeness (QED) is 0.656. The molecule has 1 N–H and O–H groups in total. The van der Waals surface area contributed by atoms with Crippen molar-refractivity contribution in [3.8, 4) is 12.3 Å². The summed E-state index contributed by atoms with van der Waals surface area (Å²) in [7, 11) is 0. The van der Waals surface area contributed by atoms with Crippen molar-refractivity contribution in [2.75, 3.05) is 6.54 Å². The molecule has 0 saturated carbocycles. The summed E-state index contributed by atoms with van der Waals surface area (Å²) in [5.41, 5.74) is 0. The Morgan fingerprint density at radius 3 is 2.87 bits per heavy atom. The molecule has 0 aromatic rings. The first kappa shape index (κ1) is 11.6. The predicted octanol–water partition coefficient (Wildman–Crippen LogP) is 0.135. The maximum atomic E-state index is 11.9. The summed E-state index contributed by atoms with van der Waals surface area (Å²) in [6.07, 6.45) is 6.21. The fourth-order valence-electron chi connectivity index (χ4n) is 1.61. The van der Waals surface area contributed by atoms with Crippen LogP contribution in [-0.2, 0) is 9.59 Å². The molecular weight excluding hydrogens is 192 g/mol. The van der Waals surface area contributed by atoms with E-state index in [1.54, 1.807) is 11.8 Å². The summed E-state index contributed by atoms with van der Waals surface area (Å²) in [5, 5.41) is 2.69. The van der Waals surface area contributed by atoms with Crippen LogP contribution in [-0.4, -0.2) is 35.3 Å². The molecule has 1 rings (SSSR count). The number of hydrogen-bond donors (Lipinski definition) is 1. The molecule has 0 aromatic carbocycles. The van der Waals surface area contributed by atoms with Gasteiger partial charge in [-0.1, -0.05) is 12.8 Å². The van der Waals surface area contributed by atoms with E-state index in [0.717, 1.165) is 0 Å². The monoisotopic (exact) mass is 208 g/mol. The third kappa shape index (κ3) is 2.50. The zero-order valence-corrected chi connectivity index (χ0v) is 9.12. The Kier molecular flexibility index (Phi) is 3.73. The van der Waals surface area contributed by atoms with Crippen molar-refractivity contribution in [3.05, 3.63) is 0 Å². The Morgan fingerprint density at radius 1 is 1.67 bits per heavy atom. The van der Waals surface area contributed by atoms with Crippen molar-refractivity contribution in [1.29, 1.82) is 0 Å². The van der Waals surface area contributed by atoms with Crippen LogP contribution in [0, 0.1) is 12.3 Å². The predicted molar refractivity (Wildman–Crippen MR) is 56.8 cm³/mol.